The standard InChI is InChI=1S/C19H21NO6/c1-12(8-9-21)18(13-2-5-15(22)6-3-13)26-19(23)20-14-4-7-16-17(10-14)25-11-24-16/h2-7,10,12,18,21-22H,8-9,11H2,1H3,(H,20,23)/t12-,18-/m0/s1. The third-order valence-electron chi connectivity index (χ3n) is 4.18. The molecule has 1 heterocycles. The summed E-state index contributed by atoms with van der Waals surface area (Å²) < 4.78 is 16.1. The van der Waals surface area contributed by atoms with E-state index in [1.807, 2.05) is 6.92 Å². The summed E-state index contributed by atoms with van der Waals surface area (Å²) in [5.74, 6) is 1.22. The number of ether oxygens (including phenoxy) is 3. The number of benzene rings is 2. The molecule has 3 N–H and O–H groups in total. The van der Waals surface area contributed by atoms with E-state index >= 15 is 0 Å². The lowest BCUT2D eigenvalue weighted by molar-refractivity contribution is 0.0667. The summed E-state index contributed by atoms with van der Waals surface area (Å²) in [6, 6.07) is 11.5. The van der Waals surface area contributed by atoms with Gasteiger partial charge in [0.15, 0.2) is 11.5 Å². The minimum Gasteiger partial charge on any atom is -0.508 e. The Morgan fingerprint density at radius 1 is 1.19 bits per heavy atom. The van der Waals surface area contributed by atoms with Crippen molar-refractivity contribution >= 4 is 11.8 Å². The van der Waals surface area contributed by atoms with Crippen molar-refractivity contribution in [3.63, 3.8) is 0 Å². The fraction of sp³-hybridized carbons (Fsp3) is 0.316. The van der Waals surface area contributed by atoms with Gasteiger partial charge in [0.1, 0.15) is 11.9 Å². The van der Waals surface area contributed by atoms with Crippen LogP contribution in [-0.4, -0.2) is 29.7 Å². The van der Waals surface area contributed by atoms with Gasteiger partial charge in [-0.1, -0.05) is 19.1 Å². The van der Waals surface area contributed by atoms with E-state index in [-0.39, 0.29) is 25.1 Å². The van der Waals surface area contributed by atoms with E-state index in [1.54, 1.807) is 30.3 Å². The van der Waals surface area contributed by atoms with Gasteiger partial charge in [-0.3, -0.25) is 5.32 Å². The van der Waals surface area contributed by atoms with Gasteiger partial charge in [-0.05, 0) is 42.2 Å². The largest absolute Gasteiger partial charge is 0.508 e. The average Bonchev–Trinajstić information content (AvgIpc) is 3.08. The van der Waals surface area contributed by atoms with Crippen molar-refractivity contribution in [2.45, 2.75) is 19.4 Å². The first-order valence-electron chi connectivity index (χ1n) is 8.34. The highest BCUT2D eigenvalue weighted by molar-refractivity contribution is 5.85. The first kappa shape index (κ1) is 17.9. The molecule has 0 saturated carbocycles. The Hall–Kier alpha value is -2.93. The van der Waals surface area contributed by atoms with Crippen molar-refractivity contribution in [1.29, 1.82) is 0 Å². The van der Waals surface area contributed by atoms with Crippen LogP contribution in [0.2, 0.25) is 0 Å². The van der Waals surface area contributed by atoms with Crippen LogP contribution in [0.15, 0.2) is 42.5 Å². The van der Waals surface area contributed by atoms with Crippen LogP contribution in [0.3, 0.4) is 0 Å². The van der Waals surface area contributed by atoms with Crippen molar-refractivity contribution in [2.75, 3.05) is 18.7 Å². The molecule has 0 radical (unpaired) electrons. The van der Waals surface area contributed by atoms with Gasteiger partial charge < -0.3 is 24.4 Å². The van der Waals surface area contributed by atoms with Crippen LogP contribution in [-0.2, 0) is 4.74 Å². The van der Waals surface area contributed by atoms with Crippen LogP contribution in [0, 0.1) is 5.92 Å². The summed E-state index contributed by atoms with van der Waals surface area (Å²) in [6.07, 6.45) is -0.702. The maximum atomic E-state index is 12.4. The van der Waals surface area contributed by atoms with Crippen molar-refractivity contribution in [2.24, 2.45) is 5.92 Å². The summed E-state index contributed by atoms with van der Waals surface area (Å²) in [5.41, 5.74) is 1.27. The van der Waals surface area contributed by atoms with Crippen LogP contribution >= 0.6 is 0 Å². The van der Waals surface area contributed by atoms with Gasteiger partial charge in [-0.2, -0.15) is 0 Å². The SMILES string of the molecule is C[C@@H](CCO)[C@H](OC(=O)Nc1ccc2c(c1)OCO2)c1ccc(O)cc1. The molecule has 1 aliphatic rings. The van der Waals surface area contributed by atoms with Crippen LogP contribution in [0.1, 0.15) is 25.0 Å². The van der Waals surface area contributed by atoms with E-state index in [2.05, 4.69) is 5.32 Å². The highest BCUT2D eigenvalue weighted by Crippen LogP contribution is 2.35. The molecule has 138 valence electrons. The topological polar surface area (TPSA) is 97.3 Å². The van der Waals surface area contributed by atoms with Gasteiger partial charge >= 0.3 is 6.09 Å². The van der Waals surface area contributed by atoms with Crippen LogP contribution < -0.4 is 14.8 Å². The van der Waals surface area contributed by atoms with E-state index in [0.29, 0.717) is 23.6 Å². The lowest BCUT2D eigenvalue weighted by Crippen LogP contribution is -2.22. The van der Waals surface area contributed by atoms with Crippen molar-refractivity contribution < 1.29 is 29.2 Å². The molecule has 2 atom stereocenters. The number of hydrogen-bond acceptors (Lipinski definition) is 6. The number of fused-ring (bicyclic) bond motifs is 1. The van der Waals surface area contributed by atoms with Crippen LogP contribution in [0.4, 0.5) is 10.5 Å². The van der Waals surface area contributed by atoms with Crippen molar-refractivity contribution in [1.82, 2.24) is 0 Å². The van der Waals surface area contributed by atoms with Gasteiger partial charge in [-0.15, -0.1) is 0 Å². The second-order valence-electron chi connectivity index (χ2n) is 6.10. The van der Waals surface area contributed by atoms with Gasteiger partial charge in [0.2, 0.25) is 6.79 Å². The molecule has 3 rings (SSSR count). The number of anilines is 1. The minimum atomic E-state index is -0.619. The highest BCUT2D eigenvalue weighted by Gasteiger charge is 2.24. The predicted octanol–water partition coefficient (Wildman–Crippen LogP) is 3.43. The predicted molar refractivity (Wildman–Crippen MR) is 94.4 cm³/mol. The molecule has 0 bridgehead atoms. The second kappa shape index (κ2) is 7.97. The minimum absolute atomic E-state index is 0.0110. The Morgan fingerprint density at radius 2 is 1.92 bits per heavy atom. The Bertz CT molecular complexity index is 761. The van der Waals surface area contributed by atoms with Gasteiger partial charge in [0, 0.05) is 18.4 Å². The number of phenols is 1. The highest BCUT2D eigenvalue weighted by atomic mass is 16.7. The molecule has 0 unspecified atom stereocenters. The number of carbonyl (C=O) groups is 1. The number of aliphatic hydroxyl groups excluding tert-OH is 1. The lowest BCUT2D eigenvalue weighted by Gasteiger charge is -2.24. The number of hydrogen-bond donors (Lipinski definition) is 3. The number of rotatable bonds is 6. The quantitative estimate of drug-likeness (QED) is 0.731. The van der Waals surface area contributed by atoms with Crippen molar-refractivity contribution in [3.8, 4) is 17.2 Å². The Morgan fingerprint density at radius 3 is 2.65 bits per heavy atom. The Kier molecular flexibility index (Phi) is 5.48. The number of phenolic OH excluding ortho intramolecular Hbond substituents is 1. The molecule has 2 aromatic rings. The Balaban J connectivity index is 1.71. The molecule has 0 spiro atoms. The monoisotopic (exact) mass is 359 g/mol. The van der Waals surface area contributed by atoms with Gasteiger partial charge in [0.25, 0.3) is 0 Å². The maximum Gasteiger partial charge on any atom is 0.412 e. The zero-order valence-corrected chi connectivity index (χ0v) is 14.3. The number of aromatic hydroxyl groups is 1. The molecule has 0 fully saturated rings. The molecule has 0 aromatic heterocycles. The summed E-state index contributed by atoms with van der Waals surface area (Å²) >= 11 is 0. The first-order chi connectivity index (χ1) is 12.6. The van der Waals surface area contributed by atoms with Crippen LogP contribution in [0.25, 0.3) is 0 Å². The molecular formula is C19H21NO6. The van der Waals surface area contributed by atoms with Gasteiger partial charge in [-0.25, -0.2) is 4.79 Å². The summed E-state index contributed by atoms with van der Waals surface area (Å²) in [5, 5.41) is 21.3. The summed E-state index contributed by atoms with van der Waals surface area (Å²) in [6.45, 7) is 2.04. The van der Waals surface area contributed by atoms with Crippen molar-refractivity contribution in [3.05, 3.63) is 48.0 Å². The molecule has 1 amide bonds. The summed E-state index contributed by atoms with van der Waals surface area (Å²) in [7, 11) is 0. The normalized spacial score (nSPS) is 14.5. The molecule has 0 saturated heterocycles. The van der Waals surface area contributed by atoms with E-state index in [4.69, 9.17) is 14.2 Å². The maximum absolute atomic E-state index is 12.4. The fourth-order valence-electron chi connectivity index (χ4n) is 2.77. The lowest BCUT2D eigenvalue weighted by atomic mass is 9.94. The molecule has 1 aliphatic heterocycles. The molecule has 26 heavy (non-hydrogen) atoms. The third kappa shape index (κ3) is 4.18. The van der Waals surface area contributed by atoms with Crippen LogP contribution in [0.5, 0.6) is 17.2 Å². The van der Waals surface area contributed by atoms with E-state index in [0.717, 1.165) is 5.56 Å². The fourth-order valence-corrected chi connectivity index (χ4v) is 2.77. The first-order valence-corrected chi connectivity index (χ1v) is 8.34. The number of nitrogens with one attached hydrogen (secondary N) is 1. The van der Waals surface area contributed by atoms with E-state index in [9.17, 15) is 15.0 Å². The smallest absolute Gasteiger partial charge is 0.412 e. The summed E-state index contributed by atoms with van der Waals surface area (Å²) in [4.78, 5) is 12.4. The van der Waals surface area contributed by atoms with Gasteiger partial charge in [0.05, 0.1) is 0 Å². The molecule has 0 aliphatic carbocycles. The third-order valence-corrected chi connectivity index (χ3v) is 4.18. The molecule has 7 nitrogen and oxygen atoms in total. The number of carbonyl (C=O) groups excluding carboxylic acids is 1. The zero-order valence-electron chi connectivity index (χ0n) is 14.3. The molecule has 7 heteroatoms. The molecular weight excluding hydrogens is 338 g/mol. The zero-order chi connectivity index (χ0) is 18.5. The second-order valence-corrected chi connectivity index (χ2v) is 6.10. The Labute approximate surface area is 151 Å². The van der Waals surface area contributed by atoms with E-state index < -0.39 is 12.2 Å². The molecule has 2 aromatic carbocycles. The average molecular weight is 359 g/mol. The van der Waals surface area contributed by atoms with E-state index in [1.165, 1.54) is 12.1 Å². The number of aliphatic hydroxyl groups is 1. The number of amides is 1.